The Balaban J connectivity index is 1.92. The molecule has 21 heavy (non-hydrogen) atoms. The van der Waals surface area contributed by atoms with E-state index in [9.17, 15) is 0 Å². The van der Waals surface area contributed by atoms with E-state index in [1.807, 2.05) is 3.97 Å². The summed E-state index contributed by atoms with van der Waals surface area (Å²) < 4.78 is 1.97. The Morgan fingerprint density at radius 2 is 1.67 bits per heavy atom. The highest BCUT2D eigenvalue weighted by molar-refractivity contribution is 7.78. The molecule has 108 valence electrons. The molecule has 3 rings (SSSR count). The van der Waals surface area contributed by atoms with E-state index < -0.39 is 0 Å². The summed E-state index contributed by atoms with van der Waals surface area (Å²) in [6.45, 7) is 6.46. The summed E-state index contributed by atoms with van der Waals surface area (Å²) in [5, 5.41) is 1.33. The molecule has 2 heteroatoms. The smallest absolute Gasteiger partial charge is 0.0594 e. The fraction of sp³-hybridized carbons (Fsp3) is 0.263. The molecule has 0 radical (unpaired) electrons. The molecule has 0 fully saturated rings. The van der Waals surface area contributed by atoms with Crippen LogP contribution in [-0.4, -0.2) is 3.97 Å². The van der Waals surface area contributed by atoms with Gasteiger partial charge in [0.05, 0.1) is 5.52 Å². The van der Waals surface area contributed by atoms with Crippen LogP contribution >= 0.6 is 12.8 Å². The Morgan fingerprint density at radius 1 is 0.905 bits per heavy atom. The molecule has 2 aromatic carbocycles. The molecule has 1 aromatic heterocycles. The lowest BCUT2D eigenvalue weighted by atomic mass is 9.97. The van der Waals surface area contributed by atoms with E-state index in [-0.39, 0.29) is 0 Å². The number of nitrogens with zero attached hydrogens (tertiary/aromatic N) is 1. The van der Waals surface area contributed by atoms with E-state index in [4.69, 9.17) is 0 Å². The molecule has 0 amide bonds. The van der Waals surface area contributed by atoms with Gasteiger partial charge in [-0.05, 0) is 62.4 Å². The van der Waals surface area contributed by atoms with Crippen molar-refractivity contribution >= 4 is 23.7 Å². The van der Waals surface area contributed by atoms with Gasteiger partial charge in [-0.15, -0.1) is 0 Å². The van der Waals surface area contributed by atoms with Gasteiger partial charge >= 0.3 is 0 Å². The van der Waals surface area contributed by atoms with Gasteiger partial charge in [-0.25, -0.2) is 0 Å². The van der Waals surface area contributed by atoms with Crippen molar-refractivity contribution in [1.29, 1.82) is 0 Å². The lowest BCUT2D eigenvalue weighted by Gasteiger charge is -2.08. The Bertz CT molecular complexity index is 799. The largest absolute Gasteiger partial charge is 0.291 e. The Kier molecular flexibility index (Phi) is 3.81. The fourth-order valence-electron chi connectivity index (χ4n) is 2.97. The van der Waals surface area contributed by atoms with Crippen molar-refractivity contribution in [2.45, 2.75) is 33.6 Å². The topological polar surface area (TPSA) is 4.93 Å². The number of rotatable bonds is 3. The average Bonchev–Trinajstić information content (AvgIpc) is 2.76. The minimum absolute atomic E-state index is 1.07. The zero-order valence-electron chi connectivity index (χ0n) is 12.9. The molecule has 0 aliphatic rings. The van der Waals surface area contributed by atoms with Crippen molar-refractivity contribution in [3.8, 4) is 0 Å². The first-order valence-corrected chi connectivity index (χ1v) is 7.81. The average molecular weight is 295 g/mol. The zero-order chi connectivity index (χ0) is 15.0. The van der Waals surface area contributed by atoms with Gasteiger partial charge in [-0.1, -0.05) is 48.7 Å². The maximum Gasteiger partial charge on any atom is 0.0594 e. The standard InChI is InChI=1S/C19H21NS/c1-13-7-8-14(2)17(11-13)10-9-16-5-4-6-19-18(16)12-15(3)20(19)21/h4-8,11-12,21H,9-10H2,1-3H3. The summed E-state index contributed by atoms with van der Waals surface area (Å²) in [4.78, 5) is 0. The van der Waals surface area contributed by atoms with Crippen LogP contribution in [0.1, 0.15) is 27.9 Å². The fourth-order valence-corrected chi connectivity index (χ4v) is 3.20. The summed E-state index contributed by atoms with van der Waals surface area (Å²) in [6, 6.07) is 15.5. The predicted molar refractivity (Wildman–Crippen MR) is 94.4 cm³/mol. The maximum absolute atomic E-state index is 4.55. The molecule has 1 nitrogen and oxygen atoms in total. The first-order chi connectivity index (χ1) is 10.1. The van der Waals surface area contributed by atoms with Gasteiger partial charge in [-0.2, -0.15) is 0 Å². The van der Waals surface area contributed by atoms with Crippen molar-refractivity contribution in [3.63, 3.8) is 0 Å². The Labute approximate surface area is 132 Å². The van der Waals surface area contributed by atoms with Crippen LogP contribution in [0.2, 0.25) is 0 Å². The number of benzene rings is 2. The van der Waals surface area contributed by atoms with E-state index in [0.29, 0.717) is 0 Å². The van der Waals surface area contributed by atoms with Gasteiger partial charge in [0.25, 0.3) is 0 Å². The number of aryl methyl sites for hydroxylation is 5. The monoisotopic (exact) mass is 295 g/mol. The maximum atomic E-state index is 4.55. The molecule has 3 aromatic rings. The first-order valence-electron chi connectivity index (χ1n) is 7.41. The van der Waals surface area contributed by atoms with Gasteiger partial charge in [0, 0.05) is 11.1 Å². The highest BCUT2D eigenvalue weighted by Gasteiger charge is 2.08. The van der Waals surface area contributed by atoms with E-state index in [0.717, 1.165) is 12.8 Å². The van der Waals surface area contributed by atoms with Crippen LogP contribution in [0, 0.1) is 20.8 Å². The van der Waals surface area contributed by atoms with Crippen molar-refractivity contribution in [2.75, 3.05) is 0 Å². The second kappa shape index (κ2) is 5.61. The molecule has 0 atom stereocenters. The molecular weight excluding hydrogens is 274 g/mol. The molecule has 0 unspecified atom stereocenters. The van der Waals surface area contributed by atoms with Crippen LogP contribution in [0.25, 0.3) is 10.9 Å². The van der Waals surface area contributed by atoms with Gasteiger partial charge in [0.2, 0.25) is 0 Å². The normalized spacial score (nSPS) is 11.2. The van der Waals surface area contributed by atoms with Crippen LogP contribution in [-0.2, 0) is 12.8 Å². The minimum Gasteiger partial charge on any atom is -0.291 e. The van der Waals surface area contributed by atoms with E-state index in [2.05, 4.69) is 76.1 Å². The molecule has 0 saturated heterocycles. The van der Waals surface area contributed by atoms with Crippen molar-refractivity contribution in [2.24, 2.45) is 0 Å². The molecule has 1 heterocycles. The second-order valence-electron chi connectivity index (χ2n) is 5.88. The summed E-state index contributed by atoms with van der Waals surface area (Å²) in [5.74, 6) is 0. The lowest BCUT2D eigenvalue weighted by molar-refractivity contribution is 0.955. The summed E-state index contributed by atoms with van der Waals surface area (Å²) >= 11 is 4.55. The van der Waals surface area contributed by atoms with E-state index in [1.165, 1.54) is 38.9 Å². The van der Waals surface area contributed by atoms with Gasteiger partial charge in [-0.3, -0.25) is 3.97 Å². The summed E-state index contributed by atoms with van der Waals surface area (Å²) in [6.07, 6.45) is 2.16. The van der Waals surface area contributed by atoms with Crippen LogP contribution in [0.4, 0.5) is 0 Å². The van der Waals surface area contributed by atoms with Gasteiger partial charge in [0.15, 0.2) is 0 Å². The minimum atomic E-state index is 1.07. The summed E-state index contributed by atoms with van der Waals surface area (Å²) in [7, 11) is 0. The zero-order valence-corrected chi connectivity index (χ0v) is 13.7. The number of fused-ring (bicyclic) bond motifs is 1. The van der Waals surface area contributed by atoms with Crippen LogP contribution in [0.5, 0.6) is 0 Å². The molecule has 0 bridgehead atoms. The van der Waals surface area contributed by atoms with Crippen LogP contribution in [0.15, 0.2) is 42.5 Å². The molecule has 0 saturated carbocycles. The lowest BCUT2D eigenvalue weighted by Crippen LogP contribution is -1.95. The predicted octanol–water partition coefficient (Wildman–Crippen LogP) is 5.04. The molecule has 0 aliphatic heterocycles. The molecular formula is C19H21NS. The summed E-state index contributed by atoms with van der Waals surface area (Å²) in [5.41, 5.74) is 7.97. The third kappa shape index (κ3) is 2.73. The number of hydrogen-bond donors (Lipinski definition) is 1. The number of thiol groups is 1. The highest BCUT2D eigenvalue weighted by atomic mass is 32.1. The SMILES string of the molecule is Cc1ccc(C)c(CCc2cccc3c2cc(C)n3S)c1. The van der Waals surface area contributed by atoms with Crippen LogP contribution in [0.3, 0.4) is 0 Å². The number of aromatic nitrogens is 1. The molecule has 0 aliphatic carbocycles. The van der Waals surface area contributed by atoms with Crippen molar-refractivity contribution in [3.05, 3.63) is 70.4 Å². The van der Waals surface area contributed by atoms with E-state index >= 15 is 0 Å². The Morgan fingerprint density at radius 3 is 2.48 bits per heavy atom. The number of hydrogen-bond acceptors (Lipinski definition) is 1. The van der Waals surface area contributed by atoms with Gasteiger partial charge < -0.3 is 0 Å². The third-order valence-corrected chi connectivity index (χ3v) is 4.79. The van der Waals surface area contributed by atoms with Crippen LogP contribution < -0.4 is 0 Å². The quantitative estimate of drug-likeness (QED) is 0.646. The van der Waals surface area contributed by atoms with Gasteiger partial charge in [0.1, 0.15) is 0 Å². The second-order valence-corrected chi connectivity index (χ2v) is 6.28. The van der Waals surface area contributed by atoms with Crippen molar-refractivity contribution < 1.29 is 0 Å². The first kappa shape index (κ1) is 14.3. The third-order valence-electron chi connectivity index (χ3n) is 4.26. The van der Waals surface area contributed by atoms with E-state index in [1.54, 1.807) is 0 Å². The van der Waals surface area contributed by atoms with Crippen molar-refractivity contribution in [1.82, 2.24) is 3.97 Å². The molecule has 0 spiro atoms. The highest BCUT2D eigenvalue weighted by Crippen LogP contribution is 2.25. The Hall–Kier alpha value is -1.67. The molecule has 0 N–H and O–H groups in total.